The van der Waals surface area contributed by atoms with E-state index in [4.69, 9.17) is 4.74 Å². The molecule has 1 N–H and O–H groups in total. The van der Waals surface area contributed by atoms with Crippen molar-refractivity contribution >= 4 is 23.3 Å². The maximum atomic E-state index is 12.7. The first-order chi connectivity index (χ1) is 16.1. The highest BCUT2D eigenvalue weighted by atomic mass is 19.4. The molecule has 1 atom stereocenters. The second-order valence-electron chi connectivity index (χ2n) is 7.25. The van der Waals surface area contributed by atoms with Crippen LogP contribution in [0.5, 0.6) is 5.75 Å². The van der Waals surface area contributed by atoms with Crippen molar-refractivity contribution in [2.24, 2.45) is 0 Å². The van der Waals surface area contributed by atoms with Gasteiger partial charge in [-0.15, -0.1) is 13.2 Å². The zero-order chi connectivity index (χ0) is 25.5. The summed E-state index contributed by atoms with van der Waals surface area (Å²) >= 11 is 0. The van der Waals surface area contributed by atoms with Crippen LogP contribution in [0, 0.1) is 6.92 Å². The number of aromatic nitrogens is 1. The number of rotatable bonds is 9. The first kappa shape index (κ1) is 26.9. The summed E-state index contributed by atoms with van der Waals surface area (Å²) in [7, 11) is 0. The number of fused-ring (bicyclic) bond motifs is 1. The van der Waals surface area contributed by atoms with Crippen LogP contribution in [0.25, 0.3) is 10.9 Å². The molecule has 3 aromatic rings. The minimum Gasteiger partial charge on any atom is -0.479 e. The Morgan fingerprint density at radius 3 is 2.41 bits per heavy atom. The van der Waals surface area contributed by atoms with E-state index in [1.165, 1.54) is 22.8 Å². The van der Waals surface area contributed by atoms with Crippen LogP contribution >= 0.6 is 0 Å². The molecule has 6 nitrogen and oxygen atoms in total. The third-order valence-electron chi connectivity index (χ3n) is 5.13. The molecule has 1 unspecified atom stereocenters. The number of alkyl halides is 3. The molecule has 1 heterocycles. The highest BCUT2D eigenvalue weighted by Crippen LogP contribution is 2.32. The molecule has 0 aliphatic carbocycles. The lowest BCUT2D eigenvalue weighted by Crippen LogP contribution is -2.26. The first-order valence-corrected chi connectivity index (χ1v) is 10.9. The smallest absolute Gasteiger partial charge is 0.479 e. The lowest BCUT2D eigenvalue weighted by atomic mass is 9.98. The normalized spacial score (nSPS) is 12.1. The molecule has 0 bridgehead atoms. The van der Waals surface area contributed by atoms with Gasteiger partial charge in [0.05, 0.1) is 5.52 Å². The second kappa shape index (κ2) is 11.7. The minimum atomic E-state index is -4.83. The van der Waals surface area contributed by atoms with Gasteiger partial charge in [-0.2, -0.15) is 0 Å². The number of nitrogens with zero attached hydrogens (tertiary/aromatic N) is 1. The molecule has 9 heteroatoms. The van der Waals surface area contributed by atoms with Crippen molar-refractivity contribution in [3.05, 3.63) is 64.8 Å². The highest BCUT2D eigenvalue weighted by molar-refractivity contribution is 5.91. The molecular weight excluding hydrogens is 451 g/mol. The molecule has 0 fully saturated rings. The van der Waals surface area contributed by atoms with Gasteiger partial charge in [0, 0.05) is 24.1 Å². The van der Waals surface area contributed by atoms with Crippen molar-refractivity contribution in [3.8, 4) is 5.75 Å². The molecule has 184 valence electrons. The van der Waals surface area contributed by atoms with Gasteiger partial charge in [0.1, 0.15) is 5.75 Å². The van der Waals surface area contributed by atoms with Gasteiger partial charge >= 0.3 is 12.3 Å². The average molecular weight is 479 g/mol. The number of carbonyl (C=O) groups excluding carboxylic acids is 1. The van der Waals surface area contributed by atoms with Crippen molar-refractivity contribution in [1.29, 1.82) is 0 Å². The molecular formula is C25H28F3NO5. The van der Waals surface area contributed by atoms with Crippen LogP contribution < -0.4 is 4.74 Å². The SMILES string of the molecule is CC.CCOC(Cc1cccc(Cc2c(C)n(C=O)c3ccc(OC(F)(F)F)cc23)c1)C(=O)O. The summed E-state index contributed by atoms with van der Waals surface area (Å²) < 4.78 is 48.7. The van der Waals surface area contributed by atoms with Crippen LogP contribution in [-0.2, 0) is 27.2 Å². The molecule has 0 radical (unpaired) electrons. The third-order valence-corrected chi connectivity index (χ3v) is 5.13. The Balaban J connectivity index is 0.00000199. The summed E-state index contributed by atoms with van der Waals surface area (Å²) in [4.78, 5) is 23.0. The summed E-state index contributed by atoms with van der Waals surface area (Å²) in [5.74, 6) is -1.43. The van der Waals surface area contributed by atoms with Crippen molar-refractivity contribution in [3.63, 3.8) is 0 Å². The van der Waals surface area contributed by atoms with Crippen LogP contribution in [0.15, 0.2) is 42.5 Å². The van der Waals surface area contributed by atoms with Gasteiger partial charge in [0.15, 0.2) is 6.10 Å². The Kier molecular flexibility index (Phi) is 9.26. The van der Waals surface area contributed by atoms with E-state index in [1.807, 2.05) is 26.0 Å². The Labute approximate surface area is 195 Å². The van der Waals surface area contributed by atoms with E-state index in [1.54, 1.807) is 26.0 Å². The van der Waals surface area contributed by atoms with Gasteiger partial charge in [-0.3, -0.25) is 9.36 Å². The Bertz CT molecular complexity index is 1140. The van der Waals surface area contributed by atoms with Crippen LogP contribution in [-0.4, -0.2) is 41.1 Å². The molecule has 1 aromatic heterocycles. The Morgan fingerprint density at radius 1 is 1.15 bits per heavy atom. The van der Waals surface area contributed by atoms with E-state index in [-0.39, 0.29) is 18.8 Å². The molecule has 3 rings (SSSR count). The zero-order valence-electron chi connectivity index (χ0n) is 19.5. The predicted molar refractivity (Wildman–Crippen MR) is 123 cm³/mol. The third kappa shape index (κ3) is 6.60. The van der Waals surface area contributed by atoms with Gasteiger partial charge in [-0.1, -0.05) is 38.1 Å². The van der Waals surface area contributed by atoms with Gasteiger partial charge in [-0.05, 0) is 55.2 Å². The fraction of sp³-hybridized carbons (Fsp3) is 0.360. The fourth-order valence-electron chi connectivity index (χ4n) is 3.75. The number of hydrogen-bond acceptors (Lipinski definition) is 4. The molecule has 0 saturated heterocycles. The quantitative estimate of drug-likeness (QED) is 0.408. The summed E-state index contributed by atoms with van der Waals surface area (Å²) in [5.41, 5.74) is 3.32. The molecule has 0 aliphatic rings. The summed E-state index contributed by atoms with van der Waals surface area (Å²) in [6, 6.07) is 11.1. The van der Waals surface area contributed by atoms with Crippen molar-refractivity contribution in [2.45, 2.75) is 53.0 Å². The van der Waals surface area contributed by atoms with Crippen LogP contribution in [0.1, 0.15) is 43.2 Å². The number of benzene rings is 2. The van der Waals surface area contributed by atoms with E-state index in [0.717, 1.165) is 11.1 Å². The van der Waals surface area contributed by atoms with Gasteiger partial charge in [-0.25, -0.2) is 4.79 Å². The van der Waals surface area contributed by atoms with Gasteiger partial charge < -0.3 is 14.6 Å². The summed E-state index contributed by atoms with van der Waals surface area (Å²) in [6.45, 7) is 7.70. The monoisotopic (exact) mass is 479 g/mol. The Hall–Kier alpha value is -3.33. The van der Waals surface area contributed by atoms with Gasteiger partial charge in [0.25, 0.3) is 0 Å². The van der Waals surface area contributed by atoms with E-state index >= 15 is 0 Å². The number of ether oxygens (including phenoxy) is 2. The second-order valence-corrected chi connectivity index (χ2v) is 7.25. The summed E-state index contributed by atoms with van der Waals surface area (Å²) in [6.07, 6.45) is -4.68. The maximum absolute atomic E-state index is 12.7. The van der Waals surface area contributed by atoms with E-state index in [2.05, 4.69) is 4.74 Å². The topological polar surface area (TPSA) is 77.8 Å². The van der Waals surface area contributed by atoms with Gasteiger partial charge in [0.2, 0.25) is 6.41 Å². The fourth-order valence-corrected chi connectivity index (χ4v) is 3.75. The van der Waals surface area contributed by atoms with Crippen molar-refractivity contribution in [1.82, 2.24) is 4.57 Å². The predicted octanol–water partition coefficient (Wildman–Crippen LogP) is 5.54. The zero-order valence-corrected chi connectivity index (χ0v) is 19.5. The van der Waals surface area contributed by atoms with Crippen LogP contribution in [0.2, 0.25) is 0 Å². The molecule has 2 aromatic carbocycles. The molecule has 34 heavy (non-hydrogen) atoms. The molecule has 0 spiro atoms. The first-order valence-electron chi connectivity index (χ1n) is 10.9. The largest absolute Gasteiger partial charge is 0.573 e. The van der Waals surface area contributed by atoms with E-state index in [9.17, 15) is 27.9 Å². The number of carboxylic acids is 1. The maximum Gasteiger partial charge on any atom is 0.573 e. The number of hydrogen-bond donors (Lipinski definition) is 1. The van der Waals surface area contributed by atoms with Crippen molar-refractivity contribution in [2.75, 3.05) is 6.61 Å². The lowest BCUT2D eigenvalue weighted by Gasteiger charge is -2.13. The average Bonchev–Trinajstić information content (AvgIpc) is 3.04. The van der Waals surface area contributed by atoms with E-state index < -0.39 is 18.4 Å². The van der Waals surface area contributed by atoms with Crippen LogP contribution in [0.3, 0.4) is 0 Å². The molecule has 0 saturated carbocycles. The Morgan fingerprint density at radius 2 is 1.82 bits per heavy atom. The number of carbonyl (C=O) groups is 2. The van der Waals surface area contributed by atoms with Crippen molar-refractivity contribution < 1.29 is 37.3 Å². The van der Waals surface area contributed by atoms with E-state index in [0.29, 0.717) is 35.0 Å². The highest BCUT2D eigenvalue weighted by Gasteiger charge is 2.31. The minimum absolute atomic E-state index is 0.176. The molecule has 0 amide bonds. The number of aliphatic carboxylic acids is 1. The standard InChI is InChI=1S/C23H22F3NO5.C2H6/c1-3-31-21(22(29)30)11-16-6-4-5-15(9-16)10-18-14(2)27(13-28)20-8-7-17(12-19(18)20)32-23(24,25)26;1-2/h4-9,12-13,21H,3,10-11H2,1-2H3,(H,29,30);1-2H3. The number of carboxylic acid groups (broad SMARTS) is 1. The lowest BCUT2D eigenvalue weighted by molar-refractivity contribution is -0.274. The molecule has 0 aliphatic heterocycles. The number of halogens is 3. The summed E-state index contributed by atoms with van der Waals surface area (Å²) in [5, 5.41) is 9.78. The van der Waals surface area contributed by atoms with Crippen LogP contribution in [0.4, 0.5) is 13.2 Å².